The van der Waals surface area contributed by atoms with Crippen LogP contribution in [0.3, 0.4) is 0 Å². The molecule has 0 aliphatic carbocycles. The zero-order chi connectivity index (χ0) is 12.7. The maximum atomic E-state index is 11.3. The maximum Gasteiger partial charge on any atom is 0.277 e. The monoisotopic (exact) mass is 318 g/mol. The molecule has 4 nitrogen and oxygen atoms in total. The fraction of sp³-hybridized carbons (Fsp3) is 0.273. The van der Waals surface area contributed by atoms with E-state index in [0.29, 0.717) is 15.2 Å². The van der Waals surface area contributed by atoms with Gasteiger partial charge in [0, 0.05) is 11.2 Å². The first kappa shape index (κ1) is 14.0. The lowest BCUT2D eigenvalue weighted by molar-refractivity contribution is -0.123. The van der Waals surface area contributed by atoms with E-state index >= 15 is 0 Å². The number of nitrogens with one attached hydrogen (secondary N) is 1. The summed E-state index contributed by atoms with van der Waals surface area (Å²) in [6.45, 7) is 1.83. The van der Waals surface area contributed by atoms with E-state index in [1.165, 1.54) is 0 Å². The van der Waals surface area contributed by atoms with Gasteiger partial charge in [-0.1, -0.05) is 18.5 Å². The summed E-state index contributed by atoms with van der Waals surface area (Å²) in [5, 5.41) is 4.30. The van der Waals surface area contributed by atoms with Crippen molar-refractivity contribution in [1.82, 2.24) is 5.43 Å². The molecule has 0 radical (unpaired) electrons. The minimum absolute atomic E-state index is 0.0959. The Kier molecular flexibility index (Phi) is 6.00. The molecule has 1 aromatic carbocycles. The van der Waals surface area contributed by atoms with Crippen molar-refractivity contribution in [3.8, 4) is 5.75 Å². The first-order valence-corrected chi connectivity index (χ1v) is 6.18. The van der Waals surface area contributed by atoms with Crippen molar-refractivity contribution in [2.45, 2.75) is 13.3 Å². The Bertz CT molecular complexity index is 424. The zero-order valence-corrected chi connectivity index (χ0v) is 11.6. The van der Waals surface area contributed by atoms with E-state index in [1.54, 1.807) is 24.4 Å². The normalized spacial score (nSPS) is 10.5. The minimum Gasteiger partial charge on any atom is -0.483 e. The number of hydrogen-bond donors (Lipinski definition) is 1. The molecule has 0 saturated heterocycles. The highest BCUT2D eigenvalue weighted by molar-refractivity contribution is 9.10. The fourth-order valence-corrected chi connectivity index (χ4v) is 1.77. The van der Waals surface area contributed by atoms with Crippen LogP contribution in [0, 0.1) is 0 Å². The highest BCUT2D eigenvalue weighted by Gasteiger charge is 2.05. The van der Waals surface area contributed by atoms with Crippen LogP contribution in [0.5, 0.6) is 5.75 Å². The number of carbonyl (C=O) groups excluding carboxylic acids is 1. The van der Waals surface area contributed by atoms with Gasteiger partial charge in [-0.2, -0.15) is 5.10 Å². The van der Waals surface area contributed by atoms with E-state index in [9.17, 15) is 4.79 Å². The largest absolute Gasteiger partial charge is 0.483 e. The van der Waals surface area contributed by atoms with Gasteiger partial charge in [0.15, 0.2) is 6.61 Å². The van der Waals surface area contributed by atoms with Gasteiger partial charge >= 0.3 is 0 Å². The Morgan fingerprint density at radius 2 is 2.41 bits per heavy atom. The van der Waals surface area contributed by atoms with Gasteiger partial charge in [-0.15, -0.1) is 0 Å². The molecule has 0 heterocycles. The van der Waals surface area contributed by atoms with Crippen molar-refractivity contribution >= 4 is 39.7 Å². The summed E-state index contributed by atoms with van der Waals surface area (Å²) in [4.78, 5) is 11.3. The number of hydrogen-bond acceptors (Lipinski definition) is 3. The van der Waals surface area contributed by atoms with Crippen molar-refractivity contribution in [1.29, 1.82) is 0 Å². The Morgan fingerprint density at radius 1 is 1.65 bits per heavy atom. The Morgan fingerprint density at radius 3 is 3.06 bits per heavy atom. The van der Waals surface area contributed by atoms with Crippen LogP contribution in [0.25, 0.3) is 0 Å². The highest BCUT2D eigenvalue weighted by atomic mass is 79.9. The summed E-state index contributed by atoms with van der Waals surface area (Å²) in [6, 6.07) is 5.08. The first-order chi connectivity index (χ1) is 8.13. The van der Waals surface area contributed by atoms with Gasteiger partial charge in [0.2, 0.25) is 0 Å². The van der Waals surface area contributed by atoms with Crippen molar-refractivity contribution in [2.75, 3.05) is 6.61 Å². The Labute approximate surface area is 113 Å². The first-order valence-electron chi connectivity index (χ1n) is 5.01. The maximum absolute atomic E-state index is 11.3. The molecule has 17 heavy (non-hydrogen) atoms. The quantitative estimate of drug-likeness (QED) is 0.670. The molecule has 6 heteroatoms. The molecule has 1 N–H and O–H groups in total. The number of benzene rings is 1. The second-order valence-corrected chi connectivity index (χ2v) is 4.41. The molecule has 0 bridgehead atoms. The average Bonchev–Trinajstić information content (AvgIpc) is 2.28. The van der Waals surface area contributed by atoms with Gasteiger partial charge in [0.25, 0.3) is 5.91 Å². The molecule has 0 saturated carbocycles. The van der Waals surface area contributed by atoms with Crippen LogP contribution in [-0.2, 0) is 4.79 Å². The van der Waals surface area contributed by atoms with Crippen LogP contribution in [0.1, 0.15) is 13.3 Å². The van der Waals surface area contributed by atoms with E-state index < -0.39 is 0 Å². The summed E-state index contributed by atoms with van der Waals surface area (Å²) >= 11 is 9.07. The van der Waals surface area contributed by atoms with Crippen molar-refractivity contribution in [2.24, 2.45) is 5.10 Å². The molecular formula is C11H12BrClN2O2. The van der Waals surface area contributed by atoms with Crippen LogP contribution in [-0.4, -0.2) is 18.7 Å². The van der Waals surface area contributed by atoms with Crippen LogP contribution in [0.4, 0.5) is 0 Å². The zero-order valence-electron chi connectivity index (χ0n) is 9.24. The number of carbonyl (C=O) groups is 1. The molecular weight excluding hydrogens is 307 g/mol. The number of hydrazone groups is 1. The predicted molar refractivity (Wildman–Crippen MR) is 71.6 cm³/mol. The lowest BCUT2D eigenvalue weighted by atomic mass is 10.3. The standard InChI is InChI=1S/C11H12BrClN2O2/c1-2-5-14-15-11(16)7-17-10-4-3-8(13)6-9(10)12/h3-6H,2,7H2,1H3,(H,15,16). The number of halogens is 2. The third-order valence-corrected chi connectivity index (χ3v) is 2.57. The minimum atomic E-state index is -0.309. The Balaban J connectivity index is 2.44. The molecule has 0 fully saturated rings. The summed E-state index contributed by atoms with van der Waals surface area (Å²) in [7, 11) is 0. The third-order valence-electron chi connectivity index (χ3n) is 1.72. The average molecular weight is 320 g/mol. The van der Waals surface area contributed by atoms with Crippen LogP contribution >= 0.6 is 27.5 Å². The van der Waals surface area contributed by atoms with Crippen LogP contribution < -0.4 is 10.2 Å². The number of nitrogens with zero attached hydrogens (tertiary/aromatic N) is 1. The van der Waals surface area contributed by atoms with Gasteiger partial charge in [0.05, 0.1) is 4.47 Å². The molecule has 1 rings (SSSR count). The second-order valence-electron chi connectivity index (χ2n) is 3.12. The molecule has 1 amide bonds. The molecule has 92 valence electrons. The van der Waals surface area contributed by atoms with Crippen molar-refractivity contribution < 1.29 is 9.53 Å². The number of rotatable bonds is 5. The van der Waals surface area contributed by atoms with E-state index in [2.05, 4.69) is 26.5 Å². The molecule has 0 aliphatic rings. The van der Waals surface area contributed by atoms with E-state index in [0.717, 1.165) is 6.42 Å². The molecule has 1 aromatic rings. The third kappa shape index (κ3) is 5.19. The molecule has 0 aliphatic heterocycles. The Hall–Kier alpha value is -1.07. The van der Waals surface area contributed by atoms with Crippen molar-refractivity contribution in [3.05, 3.63) is 27.7 Å². The summed E-state index contributed by atoms with van der Waals surface area (Å²) < 4.78 is 6.00. The molecule has 0 aromatic heterocycles. The molecule has 0 atom stereocenters. The van der Waals surface area contributed by atoms with Gasteiger partial charge in [-0.25, -0.2) is 5.43 Å². The van der Waals surface area contributed by atoms with Gasteiger partial charge in [-0.05, 0) is 40.5 Å². The van der Waals surface area contributed by atoms with Gasteiger partial charge in [0.1, 0.15) is 5.75 Å². The summed E-state index contributed by atoms with van der Waals surface area (Å²) in [5.41, 5.74) is 2.35. The number of ether oxygens (including phenoxy) is 1. The van der Waals surface area contributed by atoms with E-state index in [-0.39, 0.29) is 12.5 Å². The topological polar surface area (TPSA) is 50.7 Å². The van der Waals surface area contributed by atoms with E-state index in [1.807, 2.05) is 6.92 Å². The summed E-state index contributed by atoms with van der Waals surface area (Å²) in [5.74, 6) is 0.251. The highest BCUT2D eigenvalue weighted by Crippen LogP contribution is 2.27. The smallest absolute Gasteiger partial charge is 0.277 e. The SMILES string of the molecule is CCC=NNC(=O)COc1ccc(Cl)cc1Br. The lowest BCUT2D eigenvalue weighted by Gasteiger charge is -2.07. The van der Waals surface area contributed by atoms with Crippen LogP contribution in [0.2, 0.25) is 5.02 Å². The van der Waals surface area contributed by atoms with Gasteiger partial charge < -0.3 is 4.74 Å². The van der Waals surface area contributed by atoms with Gasteiger partial charge in [-0.3, -0.25) is 4.79 Å². The second kappa shape index (κ2) is 7.29. The summed E-state index contributed by atoms with van der Waals surface area (Å²) in [6.07, 6.45) is 2.37. The molecule has 0 unspecified atom stereocenters. The van der Waals surface area contributed by atoms with Crippen LogP contribution in [0.15, 0.2) is 27.8 Å². The predicted octanol–water partition coefficient (Wildman–Crippen LogP) is 2.99. The van der Waals surface area contributed by atoms with E-state index in [4.69, 9.17) is 16.3 Å². The van der Waals surface area contributed by atoms with Crippen molar-refractivity contribution in [3.63, 3.8) is 0 Å². The lowest BCUT2D eigenvalue weighted by Crippen LogP contribution is -2.24. The molecule has 0 spiro atoms. The fourth-order valence-electron chi connectivity index (χ4n) is 0.977. The number of amides is 1.